The molecule has 1 heterocycles. The molecule has 76 valence electrons. The van der Waals surface area contributed by atoms with Crippen molar-refractivity contribution in [2.24, 2.45) is 0 Å². The number of hydrogen-bond acceptors (Lipinski definition) is 3. The molecule has 15 heavy (non-hydrogen) atoms. The van der Waals surface area contributed by atoms with E-state index in [1.54, 1.807) is 18.3 Å². The van der Waals surface area contributed by atoms with Gasteiger partial charge in [0.1, 0.15) is 5.75 Å². The monoisotopic (exact) mass is 200 g/mol. The molecular weight excluding hydrogens is 188 g/mol. The number of nitrogens with zero attached hydrogens (tertiary/aromatic N) is 1. The predicted octanol–water partition coefficient (Wildman–Crippen LogP) is 2.34. The Morgan fingerprint density at radius 2 is 2.07 bits per heavy atom. The molecule has 0 aliphatic rings. The number of aromatic hydroxyl groups is 1. The SMILES string of the molecule is Cc1ncccc1-c1ccc(N)c(O)c1. The Balaban J connectivity index is 2.55. The molecular formula is C12H12N2O. The topological polar surface area (TPSA) is 59.1 Å². The Morgan fingerprint density at radius 1 is 1.27 bits per heavy atom. The maximum Gasteiger partial charge on any atom is 0.139 e. The van der Waals surface area contributed by atoms with E-state index in [4.69, 9.17) is 5.73 Å². The van der Waals surface area contributed by atoms with E-state index >= 15 is 0 Å². The quantitative estimate of drug-likeness (QED) is 0.548. The summed E-state index contributed by atoms with van der Waals surface area (Å²) in [6.07, 6.45) is 1.75. The van der Waals surface area contributed by atoms with Gasteiger partial charge in [-0.15, -0.1) is 0 Å². The summed E-state index contributed by atoms with van der Waals surface area (Å²) in [5.41, 5.74) is 8.79. The fraction of sp³-hybridized carbons (Fsp3) is 0.0833. The van der Waals surface area contributed by atoms with Gasteiger partial charge < -0.3 is 10.8 Å². The molecule has 0 aliphatic heterocycles. The number of nitrogens with two attached hydrogens (primary N) is 1. The molecule has 0 bridgehead atoms. The van der Waals surface area contributed by atoms with Crippen LogP contribution in [0.25, 0.3) is 11.1 Å². The van der Waals surface area contributed by atoms with E-state index in [1.807, 2.05) is 25.1 Å². The van der Waals surface area contributed by atoms with Gasteiger partial charge in [-0.3, -0.25) is 4.98 Å². The van der Waals surface area contributed by atoms with Gasteiger partial charge in [0.15, 0.2) is 0 Å². The summed E-state index contributed by atoms with van der Waals surface area (Å²) < 4.78 is 0. The molecule has 0 atom stereocenters. The van der Waals surface area contributed by atoms with Crippen LogP contribution in [0, 0.1) is 6.92 Å². The molecule has 0 unspecified atom stereocenters. The summed E-state index contributed by atoms with van der Waals surface area (Å²) in [6, 6.07) is 9.05. The van der Waals surface area contributed by atoms with E-state index < -0.39 is 0 Å². The second-order valence-corrected chi connectivity index (χ2v) is 3.41. The molecule has 1 aromatic carbocycles. The number of phenols is 1. The van der Waals surface area contributed by atoms with E-state index in [2.05, 4.69) is 4.98 Å². The number of anilines is 1. The highest BCUT2D eigenvalue weighted by Crippen LogP contribution is 2.28. The van der Waals surface area contributed by atoms with Crippen LogP contribution in [-0.4, -0.2) is 10.1 Å². The number of aromatic nitrogens is 1. The number of aryl methyl sites for hydroxylation is 1. The van der Waals surface area contributed by atoms with Crippen molar-refractivity contribution in [3.8, 4) is 16.9 Å². The van der Waals surface area contributed by atoms with Gasteiger partial charge >= 0.3 is 0 Å². The standard InChI is InChI=1S/C12H12N2O/c1-8-10(3-2-6-14-8)9-4-5-11(13)12(15)7-9/h2-7,15H,13H2,1H3. The fourth-order valence-corrected chi connectivity index (χ4v) is 1.50. The second-order valence-electron chi connectivity index (χ2n) is 3.41. The van der Waals surface area contributed by atoms with Crippen LogP contribution in [0.3, 0.4) is 0 Å². The van der Waals surface area contributed by atoms with E-state index in [0.29, 0.717) is 5.69 Å². The molecule has 0 amide bonds. The Kier molecular flexibility index (Phi) is 2.29. The lowest BCUT2D eigenvalue weighted by Gasteiger charge is -2.06. The van der Waals surface area contributed by atoms with Crippen molar-refractivity contribution in [3.05, 3.63) is 42.2 Å². The molecule has 0 saturated carbocycles. The third-order valence-electron chi connectivity index (χ3n) is 2.35. The summed E-state index contributed by atoms with van der Waals surface area (Å²) >= 11 is 0. The van der Waals surface area contributed by atoms with Gasteiger partial charge in [0.2, 0.25) is 0 Å². The van der Waals surface area contributed by atoms with Gasteiger partial charge in [-0.25, -0.2) is 0 Å². The smallest absolute Gasteiger partial charge is 0.139 e. The zero-order valence-corrected chi connectivity index (χ0v) is 8.44. The zero-order chi connectivity index (χ0) is 10.8. The first-order chi connectivity index (χ1) is 7.18. The lowest BCUT2D eigenvalue weighted by Crippen LogP contribution is -1.89. The van der Waals surface area contributed by atoms with Crippen LogP contribution in [0.2, 0.25) is 0 Å². The molecule has 3 N–H and O–H groups in total. The summed E-state index contributed by atoms with van der Waals surface area (Å²) in [4.78, 5) is 4.19. The summed E-state index contributed by atoms with van der Waals surface area (Å²) in [6.45, 7) is 1.93. The molecule has 2 rings (SSSR count). The lowest BCUT2D eigenvalue weighted by atomic mass is 10.0. The Labute approximate surface area is 88.2 Å². The molecule has 3 heteroatoms. The molecule has 0 saturated heterocycles. The van der Waals surface area contributed by atoms with Crippen molar-refractivity contribution < 1.29 is 5.11 Å². The zero-order valence-electron chi connectivity index (χ0n) is 8.44. The van der Waals surface area contributed by atoms with Crippen molar-refractivity contribution in [1.29, 1.82) is 0 Å². The number of rotatable bonds is 1. The van der Waals surface area contributed by atoms with Crippen molar-refractivity contribution in [3.63, 3.8) is 0 Å². The molecule has 0 spiro atoms. The van der Waals surface area contributed by atoms with E-state index in [1.165, 1.54) is 0 Å². The van der Waals surface area contributed by atoms with Gasteiger partial charge in [0, 0.05) is 17.5 Å². The molecule has 2 aromatic rings. The third-order valence-corrected chi connectivity index (χ3v) is 2.35. The molecule has 3 nitrogen and oxygen atoms in total. The molecule has 0 radical (unpaired) electrons. The van der Waals surface area contributed by atoms with Crippen LogP contribution in [0.15, 0.2) is 36.5 Å². The van der Waals surface area contributed by atoms with Crippen LogP contribution in [-0.2, 0) is 0 Å². The first-order valence-corrected chi connectivity index (χ1v) is 4.69. The minimum atomic E-state index is 0.107. The van der Waals surface area contributed by atoms with E-state index in [9.17, 15) is 5.11 Å². The van der Waals surface area contributed by atoms with Crippen LogP contribution in [0.4, 0.5) is 5.69 Å². The van der Waals surface area contributed by atoms with Crippen LogP contribution in [0.1, 0.15) is 5.69 Å². The van der Waals surface area contributed by atoms with E-state index in [-0.39, 0.29) is 5.75 Å². The first-order valence-electron chi connectivity index (χ1n) is 4.69. The first kappa shape index (κ1) is 9.52. The molecule has 0 aliphatic carbocycles. The van der Waals surface area contributed by atoms with Crippen LogP contribution >= 0.6 is 0 Å². The molecule has 0 fully saturated rings. The van der Waals surface area contributed by atoms with Crippen molar-refractivity contribution in [1.82, 2.24) is 4.98 Å². The van der Waals surface area contributed by atoms with Crippen molar-refractivity contribution >= 4 is 5.69 Å². The normalized spacial score (nSPS) is 10.2. The van der Waals surface area contributed by atoms with Gasteiger partial charge in [0.25, 0.3) is 0 Å². The summed E-state index contributed by atoms with van der Waals surface area (Å²) in [5.74, 6) is 0.107. The van der Waals surface area contributed by atoms with Gasteiger partial charge in [-0.1, -0.05) is 12.1 Å². The van der Waals surface area contributed by atoms with E-state index in [0.717, 1.165) is 16.8 Å². The Hall–Kier alpha value is -2.03. The number of phenolic OH excluding ortho intramolecular Hbond substituents is 1. The number of nitrogen functional groups attached to an aromatic ring is 1. The van der Waals surface area contributed by atoms with Gasteiger partial charge in [-0.05, 0) is 30.7 Å². The van der Waals surface area contributed by atoms with Crippen molar-refractivity contribution in [2.75, 3.05) is 5.73 Å². The van der Waals surface area contributed by atoms with Gasteiger partial charge in [0.05, 0.1) is 5.69 Å². The molecule has 1 aromatic heterocycles. The summed E-state index contributed by atoms with van der Waals surface area (Å²) in [7, 11) is 0. The second kappa shape index (κ2) is 3.61. The van der Waals surface area contributed by atoms with Crippen LogP contribution in [0.5, 0.6) is 5.75 Å². The highest BCUT2D eigenvalue weighted by molar-refractivity contribution is 5.70. The summed E-state index contributed by atoms with van der Waals surface area (Å²) in [5, 5.41) is 9.51. The minimum absolute atomic E-state index is 0.107. The highest BCUT2D eigenvalue weighted by Gasteiger charge is 2.04. The minimum Gasteiger partial charge on any atom is -0.506 e. The number of pyridine rings is 1. The number of benzene rings is 1. The fourth-order valence-electron chi connectivity index (χ4n) is 1.50. The Morgan fingerprint density at radius 3 is 2.73 bits per heavy atom. The largest absolute Gasteiger partial charge is 0.506 e. The van der Waals surface area contributed by atoms with Gasteiger partial charge in [-0.2, -0.15) is 0 Å². The number of hydrogen-bond donors (Lipinski definition) is 2. The Bertz CT molecular complexity index is 495. The van der Waals surface area contributed by atoms with Crippen LogP contribution < -0.4 is 5.73 Å². The highest BCUT2D eigenvalue weighted by atomic mass is 16.3. The maximum atomic E-state index is 9.51. The lowest BCUT2D eigenvalue weighted by molar-refractivity contribution is 0.478. The predicted molar refractivity (Wildman–Crippen MR) is 60.5 cm³/mol. The average Bonchev–Trinajstić information content (AvgIpc) is 2.23. The average molecular weight is 200 g/mol. The maximum absolute atomic E-state index is 9.51. The van der Waals surface area contributed by atoms with Crippen molar-refractivity contribution in [2.45, 2.75) is 6.92 Å². The third kappa shape index (κ3) is 1.76.